The van der Waals surface area contributed by atoms with Gasteiger partial charge in [0.1, 0.15) is 24.2 Å². The molecule has 0 saturated heterocycles. The Bertz CT molecular complexity index is 1320. The zero-order chi connectivity index (χ0) is 26.8. The van der Waals surface area contributed by atoms with Crippen LogP contribution in [0.15, 0.2) is 71.6 Å². The van der Waals surface area contributed by atoms with E-state index in [4.69, 9.17) is 14.2 Å². The number of rotatable bonds is 13. The molecule has 3 rings (SSSR count). The first-order chi connectivity index (χ1) is 17.8. The molecule has 0 spiro atoms. The lowest BCUT2D eigenvalue weighted by Crippen LogP contribution is -2.32. The molecule has 0 aliphatic rings. The second-order valence-corrected chi connectivity index (χ2v) is 9.97. The minimum Gasteiger partial charge on any atom is -0.497 e. The fraction of sp³-hybridized carbons (Fsp3) is 0.296. The van der Waals surface area contributed by atoms with E-state index in [2.05, 4.69) is 0 Å². The van der Waals surface area contributed by atoms with E-state index >= 15 is 0 Å². The minimum absolute atomic E-state index is 0.0352. The van der Waals surface area contributed by atoms with Gasteiger partial charge in [-0.2, -0.15) is 5.26 Å². The Morgan fingerprint density at radius 1 is 1.05 bits per heavy atom. The van der Waals surface area contributed by atoms with E-state index < -0.39 is 22.7 Å². The maximum absolute atomic E-state index is 13.8. The van der Waals surface area contributed by atoms with Crippen LogP contribution in [0, 0.1) is 11.3 Å². The van der Waals surface area contributed by atoms with Crippen LogP contribution in [0.4, 0.5) is 5.69 Å². The maximum Gasteiger partial charge on any atom is 0.264 e. The molecule has 0 aliphatic carbocycles. The molecule has 1 unspecified atom stereocenters. The first-order valence-corrected chi connectivity index (χ1v) is 13.2. The first-order valence-electron chi connectivity index (χ1n) is 11.7. The van der Waals surface area contributed by atoms with Gasteiger partial charge in [-0.15, -0.1) is 0 Å². The molecule has 3 aromatic carbocycles. The van der Waals surface area contributed by atoms with Crippen LogP contribution in [-0.2, 0) is 10.0 Å². The van der Waals surface area contributed by atoms with Crippen molar-refractivity contribution in [1.82, 2.24) is 0 Å². The third-order valence-electron chi connectivity index (χ3n) is 5.38. The lowest BCUT2D eigenvalue weighted by Gasteiger charge is -2.28. The molecule has 1 atom stereocenters. The van der Waals surface area contributed by atoms with Crippen LogP contribution in [-0.4, -0.2) is 51.6 Å². The highest BCUT2D eigenvalue weighted by atomic mass is 32.2. The molecule has 0 bridgehead atoms. The van der Waals surface area contributed by atoms with Crippen LogP contribution in [0.5, 0.6) is 23.0 Å². The van der Waals surface area contributed by atoms with Gasteiger partial charge in [0.2, 0.25) is 0 Å². The van der Waals surface area contributed by atoms with Gasteiger partial charge in [-0.3, -0.25) is 4.31 Å². The summed E-state index contributed by atoms with van der Waals surface area (Å²) in [4.78, 5) is 0.0824. The molecular formula is C27H30N2O7S. The van der Waals surface area contributed by atoms with E-state index in [1.54, 1.807) is 42.5 Å². The highest BCUT2D eigenvalue weighted by Crippen LogP contribution is 2.44. The number of nitriles is 1. The number of aliphatic hydroxyl groups excluding tert-OH is 2. The Kier molecular flexibility index (Phi) is 9.74. The second kappa shape index (κ2) is 13.0. The summed E-state index contributed by atoms with van der Waals surface area (Å²) in [6.45, 7) is 1.22. The molecule has 0 aliphatic heterocycles. The summed E-state index contributed by atoms with van der Waals surface area (Å²) in [6.07, 6.45) is 0.0701. The van der Waals surface area contributed by atoms with Crippen LogP contribution >= 0.6 is 0 Å². The largest absolute Gasteiger partial charge is 0.497 e. The number of hydrogen-bond donors (Lipinski definition) is 2. The Morgan fingerprint density at radius 2 is 1.78 bits per heavy atom. The quantitative estimate of drug-likeness (QED) is 0.341. The average Bonchev–Trinajstić information content (AvgIpc) is 2.93. The molecule has 0 amide bonds. The summed E-state index contributed by atoms with van der Waals surface area (Å²) in [7, 11) is -2.55. The minimum atomic E-state index is -4.06. The summed E-state index contributed by atoms with van der Waals surface area (Å²) in [5.74, 6) is 0.929. The number of unbranched alkanes of at least 4 members (excludes halogenated alkanes) is 1. The number of benzene rings is 3. The van der Waals surface area contributed by atoms with Crippen molar-refractivity contribution in [1.29, 1.82) is 5.26 Å². The van der Waals surface area contributed by atoms with Crippen molar-refractivity contribution in [2.45, 2.75) is 30.8 Å². The molecular weight excluding hydrogens is 496 g/mol. The highest BCUT2D eigenvalue weighted by molar-refractivity contribution is 7.92. The summed E-state index contributed by atoms with van der Waals surface area (Å²) >= 11 is 0. The SMILES string of the molecule is CCCCN(c1cc(C#N)cc(OCC(O)CO)c1Oc1cccc(OC)c1)S(=O)(=O)c1ccccc1. The molecule has 3 aromatic rings. The van der Waals surface area contributed by atoms with Gasteiger partial charge in [0, 0.05) is 18.7 Å². The van der Waals surface area contributed by atoms with Gasteiger partial charge in [-0.25, -0.2) is 8.42 Å². The van der Waals surface area contributed by atoms with Crippen molar-refractivity contribution in [3.63, 3.8) is 0 Å². The Hall–Kier alpha value is -3.78. The highest BCUT2D eigenvalue weighted by Gasteiger charge is 2.30. The number of ether oxygens (including phenoxy) is 3. The standard InChI is InChI=1S/C27H30N2O7S/c1-3-4-13-29(37(32,33)24-11-6-5-7-12-24)25-14-20(17-28)15-26(35-19-21(31)18-30)27(25)36-23-10-8-9-22(16-23)34-2/h5-12,14-16,21,30-31H,3-4,13,18-19H2,1-2H3. The van der Waals surface area contributed by atoms with Crippen molar-refractivity contribution in [2.24, 2.45) is 0 Å². The monoisotopic (exact) mass is 526 g/mol. The lowest BCUT2D eigenvalue weighted by molar-refractivity contribution is 0.0529. The van der Waals surface area contributed by atoms with E-state index in [1.807, 2.05) is 13.0 Å². The summed E-state index contributed by atoms with van der Waals surface area (Å²) in [6, 6.07) is 19.6. The number of aliphatic hydroxyl groups is 2. The molecule has 0 aromatic heterocycles. The molecule has 0 fully saturated rings. The molecule has 9 nitrogen and oxygen atoms in total. The second-order valence-electron chi connectivity index (χ2n) is 8.11. The van der Waals surface area contributed by atoms with Gasteiger partial charge in [0.15, 0.2) is 11.5 Å². The van der Waals surface area contributed by atoms with Crippen LogP contribution in [0.25, 0.3) is 0 Å². The zero-order valence-corrected chi connectivity index (χ0v) is 21.5. The van der Waals surface area contributed by atoms with Gasteiger partial charge in [0.25, 0.3) is 10.0 Å². The van der Waals surface area contributed by atoms with Crippen LogP contribution in [0.3, 0.4) is 0 Å². The fourth-order valence-corrected chi connectivity index (χ4v) is 4.98. The van der Waals surface area contributed by atoms with Crippen molar-refractivity contribution in [3.8, 4) is 29.1 Å². The molecule has 37 heavy (non-hydrogen) atoms. The van der Waals surface area contributed by atoms with E-state index in [0.29, 0.717) is 17.9 Å². The van der Waals surface area contributed by atoms with Crippen molar-refractivity contribution < 1.29 is 32.8 Å². The number of nitrogens with zero attached hydrogens (tertiary/aromatic N) is 2. The topological polar surface area (TPSA) is 129 Å². The molecule has 10 heteroatoms. The number of hydrogen-bond acceptors (Lipinski definition) is 8. The Morgan fingerprint density at radius 3 is 2.43 bits per heavy atom. The van der Waals surface area contributed by atoms with Crippen LogP contribution < -0.4 is 18.5 Å². The summed E-state index contributed by atoms with van der Waals surface area (Å²) in [5.41, 5.74) is 0.235. The van der Waals surface area contributed by atoms with E-state index in [1.165, 1.54) is 35.7 Å². The maximum atomic E-state index is 13.8. The third kappa shape index (κ3) is 6.92. The van der Waals surface area contributed by atoms with Gasteiger partial charge >= 0.3 is 0 Å². The van der Waals surface area contributed by atoms with Crippen LogP contribution in [0.1, 0.15) is 25.3 Å². The number of anilines is 1. The fourth-order valence-electron chi connectivity index (χ4n) is 3.46. The molecule has 0 saturated carbocycles. The lowest BCUT2D eigenvalue weighted by atomic mass is 10.1. The third-order valence-corrected chi connectivity index (χ3v) is 7.21. The summed E-state index contributed by atoms with van der Waals surface area (Å²) in [5, 5.41) is 28.8. The predicted molar refractivity (Wildman–Crippen MR) is 139 cm³/mol. The summed E-state index contributed by atoms with van der Waals surface area (Å²) < 4.78 is 46.0. The van der Waals surface area contributed by atoms with Crippen molar-refractivity contribution in [3.05, 3.63) is 72.3 Å². The van der Waals surface area contributed by atoms with Gasteiger partial charge in [-0.1, -0.05) is 37.6 Å². The average molecular weight is 527 g/mol. The molecule has 2 N–H and O–H groups in total. The van der Waals surface area contributed by atoms with Gasteiger partial charge < -0.3 is 24.4 Å². The Labute approximate surface area is 217 Å². The van der Waals surface area contributed by atoms with E-state index in [9.17, 15) is 23.9 Å². The van der Waals surface area contributed by atoms with Crippen LogP contribution in [0.2, 0.25) is 0 Å². The van der Waals surface area contributed by atoms with Gasteiger partial charge in [-0.05, 0) is 36.8 Å². The van der Waals surface area contributed by atoms with Gasteiger partial charge in [0.05, 0.1) is 35.9 Å². The molecule has 196 valence electrons. The first kappa shape index (κ1) is 27.8. The Balaban J connectivity index is 2.24. The molecule has 0 radical (unpaired) electrons. The van der Waals surface area contributed by atoms with Crippen molar-refractivity contribution >= 4 is 15.7 Å². The van der Waals surface area contributed by atoms with Crippen molar-refractivity contribution in [2.75, 3.05) is 31.2 Å². The van der Waals surface area contributed by atoms with E-state index in [0.717, 1.165) is 6.42 Å². The normalized spacial score (nSPS) is 11.9. The number of methoxy groups -OCH3 is 1. The smallest absolute Gasteiger partial charge is 0.264 e. The predicted octanol–water partition coefficient (Wildman–Crippen LogP) is 4.09. The number of sulfonamides is 1. The van der Waals surface area contributed by atoms with E-state index in [-0.39, 0.29) is 40.8 Å². The molecule has 0 heterocycles. The zero-order valence-electron chi connectivity index (χ0n) is 20.7.